The number of nitrogens with one attached hydrogen (secondary N) is 3. The van der Waals surface area contributed by atoms with Crippen LogP contribution in [0.25, 0.3) is 11.3 Å². The van der Waals surface area contributed by atoms with E-state index in [4.69, 9.17) is 10.1 Å². The molecule has 2 amide bonds. The molecule has 0 bridgehead atoms. The monoisotopic (exact) mass is 685 g/mol. The topological polar surface area (TPSA) is 109 Å². The molecule has 274 valence electrons. The third-order valence-corrected chi connectivity index (χ3v) is 8.68. The summed E-state index contributed by atoms with van der Waals surface area (Å²) >= 11 is 0. The molecule has 1 heterocycles. The lowest BCUT2D eigenvalue weighted by Gasteiger charge is -2.10. The summed E-state index contributed by atoms with van der Waals surface area (Å²) in [6, 6.07) is 11.1. The third kappa shape index (κ3) is 21.1. The number of methoxy groups -OCH3 is 1. The van der Waals surface area contributed by atoms with E-state index in [0.717, 1.165) is 55.5 Å². The first-order valence-electron chi connectivity index (χ1n) is 19.3. The molecule has 0 aliphatic carbocycles. The minimum atomic E-state index is -0.0730. The van der Waals surface area contributed by atoms with E-state index in [1.54, 1.807) is 17.9 Å². The number of rotatable bonds is 27. The fourth-order valence-corrected chi connectivity index (χ4v) is 5.64. The second-order valence-corrected chi connectivity index (χ2v) is 13.0. The molecule has 50 heavy (non-hydrogen) atoms. The van der Waals surface area contributed by atoms with Gasteiger partial charge in [0.25, 0.3) is 0 Å². The zero-order chi connectivity index (χ0) is 35.9. The summed E-state index contributed by atoms with van der Waals surface area (Å²) in [4.78, 5) is 24.4. The van der Waals surface area contributed by atoms with Crippen molar-refractivity contribution in [2.24, 2.45) is 0 Å². The molecular formula is C42H63N5O3. The molecule has 0 saturated heterocycles. The number of aryl methyl sites for hydroxylation is 1. The molecule has 1 aromatic carbocycles. The number of ether oxygens (including phenoxy) is 1. The van der Waals surface area contributed by atoms with Crippen LogP contribution in [-0.2, 0) is 16.1 Å². The maximum Gasteiger partial charge on any atom is 0.220 e. The highest BCUT2D eigenvalue weighted by Gasteiger charge is 2.06. The molecular weight excluding hydrogens is 622 g/mol. The first-order chi connectivity index (χ1) is 24.5. The van der Waals surface area contributed by atoms with Crippen molar-refractivity contribution in [2.45, 2.75) is 148 Å². The Morgan fingerprint density at radius 3 is 1.72 bits per heavy atom. The number of nitrogens with zero attached hydrogens (tertiary/aromatic N) is 2. The number of hydrogen-bond donors (Lipinski definition) is 3. The van der Waals surface area contributed by atoms with Crippen LogP contribution in [0, 0.1) is 29.1 Å². The Balaban J connectivity index is 1.39. The Morgan fingerprint density at radius 2 is 1.18 bits per heavy atom. The molecule has 1 aromatic heterocycles. The minimum absolute atomic E-state index is 0.0333. The van der Waals surface area contributed by atoms with Gasteiger partial charge >= 0.3 is 0 Å². The SMILES string of the molecule is CCCCCCCCCCCCC#CC#CCCCCCCCCC(=O)NCCNC(=O)CCCn1nc(-c2ccc(OC)cc2)ccc1=N. The van der Waals surface area contributed by atoms with Crippen LogP contribution in [0.1, 0.15) is 142 Å². The van der Waals surface area contributed by atoms with Gasteiger partial charge in [0.1, 0.15) is 11.2 Å². The number of aromatic nitrogens is 2. The predicted molar refractivity (Wildman–Crippen MR) is 204 cm³/mol. The van der Waals surface area contributed by atoms with E-state index in [1.165, 1.54) is 77.0 Å². The summed E-state index contributed by atoms with van der Waals surface area (Å²) in [6.45, 7) is 3.56. The van der Waals surface area contributed by atoms with Gasteiger partial charge < -0.3 is 15.4 Å². The van der Waals surface area contributed by atoms with E-state index in [9.17, 15) is 9.59 Å². The van der Waals surface area contributed by atoms with Gasteiger partial charge in [0.2, 0.25) is 11.8 Å². The van der Waals surface area contributed by atoms with Crippen LogP contribution >= 0.6 is 0 Å². The molecule has 8 heteroatoms. The van der Waals surface area contributed by atoms with Crippen LogP contribution in [0.4, 0.5) is 0 Å². The van der Waals surface area contributed by atoms with Crippen molar-refractivity contribution in [1.82, 2.24) is 20.4 Å². The van der Waals surface area contributed by atoms with Crippen molar-refractivity contribution in [1.29, 1.82) is 5.41 Å². The Kier molecular flexibility index (Phi) is 24.2. The molecule has 0 radical (unpaired) electrons. The normalized spacial score (nSPS) is 10.4. The van der Waals surface area contributed by atoms with Gasteiger partial charge in [-0.25, -0.2) is 4.68 Å². The summed E-state index contributed by atoms with van der Waals surface area (Å²) in [7, 11) is 1.63. The molecule has 0 spiro atoms. The quantitative estimate of drug-likeness (QED) is 0.0647. The highest BCUT2D eigenvalue weighted by atomic mass is 16.5. The van der Waals surface area contributed by atoms with Gasteiger partial charge in [0.05, 0.1) is 12.8 Å². The summed E-state index contributed by atoms with van der Waals surface area (Å²) < 4.78 is 6.82. The Morgan fingerprint density at radius 1 is 0.680 bits per heavy atom. The average Bonchev–Trinajstić information content (AvgIpc) is 3.13. The fourth-order valence-electron chi connectivity index (χ4n) is 5.64. The molecule has 0 aliphatic heterocycles. The van der Waals surface area contributed by atoms with Gasteiger partial charge in [0, 0.05) is 50.9 Å². The van der Waals surface area contributed by atoms with E-state index >= 15 is 0 Å². The first kappa shape index (κ1) is 42.1. The van der Waals surface area contributed by atoms with Crippen molar-refractivity contribution in [3.05, 3.63) is 41.9 Å². The van der Waals surface area contributed by atoms with Crippen LogP contribution in [0.5, 0.6) is 5.75 Å². The molecule has 0 saturated carbocycles. The summed E-state index contributed by atoms with van der Waals surface area (Å²) in [5.41, 5.74) is 1.99. The Hall–Kier alpha value is -4.04. The zero-order valence-electron chi connectivity index (χ0n) is 31.1. The van der Waals surface area contributed by atoms with Gasteiger partial charge in [-0.1, -0.05) is 102 Å². The largest absolute Gasteiger partial charge is 0.497 e. The van der Waals surface area contributed by atoms with E-state index in [1.807, 2.05) is 30.3 Å². The highest BCUT2D eigenvalue weighted by Crippen LogP contribution is 2.19. The number of unbranched alkanes of at least 4 members (excludes halogenated alkanes) is 16. The van der Waals surface area contributed by atoms with Gasteiger partial charge in [-0.2, -0.15) is 5.10 Å². The fraction of sp³-hybridized carbons (Fsp3) is 0.619. The standard InChI is InChI=1S/C42H63N5O3/c1-3-4-5-6-7-8-9-10-11-12-13-14-15-16-17-18-19-20-21-22-23-24-26-41(48)44-34-35-45-42(49)27-25-36-47-40(43)33-32-39(46-47)37-28-30-38(50-2)31-29-37/h28-33,43H,3-13,18-27,34-36H2,1-2H3,(H,44,48)(H,45,49). The highest BCUT2D eigenvalue weighted by molar-refractivity contribution is 5.77. The molecule has 0 aliphatic rings. The summed E-state index contributed by atoms with van der Waals surface area (Å²) in [5.74, 6) is 13.1. The van der Waals surface area contributed by atoms with Crippen LogP contribution in [0.2, 0.25) is 0 Å². The van der Waals surface area contributed by atoms with E-state index < -0.39 is 0 Å². The Bertz CT molecular complexity index is 1390. The van der Waals surface area contributed by atoms with Gasteiger partial charge in [0.15, 0.2) is 0 Å². The van der Waals surface area contributed by atoms with Gasteiger partial charge in [-0.05, 0) is 73.9 Å². The van der Waals surface area contributed by atoms with Crippen LogP contribution in [0.3, 0.4) is 0 Å². The molecule has 0 fully saturated rings. The number of amides is 2. The van der Waals surface area contributed by atoms with Crippen molar-refractivity contribution >= 4 is 11.8 Å². The average molecular weight is 686 g/mol. The predicted octanol–water partition coefficient (Wildman–Crippen LogP) is 8.49. The van der Waals surface area contributed by atoms with Crippen molar-refractivity contribution in [3.8, 4) is 40.7 Å². The molecule has 3 N–H and O–H groups in total. The second-order valence-electron chi connectivity index (χ2n) is 13.0. The van der Waals surface area contributed by atoms with E-state index in [-0.39, 0.29) is 11.8 Å². The van der Waals surface area contributed by atoms with Gasteiger partial charge in [-0.3, -0.25) is 15.0 Å². The van der Waals surface area contributed by atoms with Crippen molar-refractivity contribution in [3.63, 3.8) is 0 Å². The number of hydrogen-bond acceptors (Lipinski definition) is 5. The molecule has 8 nitrogen and oxygen atoms in total. The molecule has 0 unspecified atom stereocenters. The lowest BCUT2D eigenvalue weighted by Crippen LogP contribution is -2.34. The maximum atomic E-state index is 12.3. The van der Waals surface area contributed by atoms with E-state index in [2.05, 4.69) is 46.3 Å². The van der Waals surface area contributed by atoms with Gasteiger partial charge in [-0.15, -0.1) is 0 Å². The van der Waals surface area contributed by atoms with Crippen LogP contribution in [-0.4, -0.2) is 41.8 Å². The van der Waals surface area contributed by atoms with Crippen molar-refractivity contribution < 1.29 is 14.3 Å². The Labute approximate surface area is 302 Å². The summed E-state index contributed by atoms with van der Waals surface area (Å²) in [6.07, 6.45) is 23.3. The van der Waals surface area contributed by atoms with E-state index in [0.29, 0.717) is 44.4 Å². The summed E-state index contributed by atoms with van der Waals surface area (Å²) in [5, 5.41) is 18.5. The number of carbonyl (C=O) groups is 2. The zero-order valence-corrected chi connectivity index (χ0v) is 31.1. The molecule has 0 atom stereocenters. The minimum Gasteiger partial charge on any atom is -0.497 e. The number of carbonyl (C=O) groups excluding carboxylic acids is 2. The lowest BCUT2D eigenvalue weighted by molar-refractivity contribution is -0.123. The van der Waals surface area contributed by atoms with Crippen LogP contribution in [0.15, 0.2) is 36.4 Å². The first-order valence-corrected chi connectivity index (χ1v) is 19.3. The molecule has 2 aromatic rings. The molecule has 2 rings (SSSR count). The van der Waals surface area contributed by atoms with Crippen LogP contribution < -0.4 is 20.9 Å². The number of benzene rings is 1. The lowest BCUT2D eigenvalue weighted by atomic mass is 10.1. The maximum absolute atomic E-state index is 12.3. The van der Waals surface area contributed by atoms with Crippen molar-refractivity contribution in [2.75, 3.05) is 20.2 Å². The smallest absolute Gasteiger partial charge is 0.220 e. The second kappa shape index (κ2) is 28.8. The third-order valence-electron chi connectivity index (χ3n) is 8.68.